The van der Waals surface area contributed by atoms with Gasteiger partial charge in [0.25, 0.3) is 0 Å². The minimum atomic E-state index is -1.73. The van der Waals surface area contributed by atoms with Crippen LogP contribution in [0.2, 0.25) is 0 Å². The van der Waals surface area contributed by atoms with Gasteiger partial charge in [-0.1, -0.05) is 12.1 Å². The third-order valence-corrected chi connectivity index (χ3v) is 1.92. The van der Waals surface area contributed by atoms with Gasteiger partial charge in [-0.3, -0.25) is 0 Å². The summed E-state index contributed by atoms with van der Waals surface area (Å²) in [7, 11) is -0.118. The number of hydrogen-bond donors (Lipinski definition) is 2. The Morgan fingerprint density at radius 3 is 2.38 bits per heavy atom. The first-order chi connectivity index (χ1) is 7.72. The second kappa shape index (κ2) is 7.24. The fraction of sp³-hybridized carbons (Fsp3) is 0.400. The highest BCUT2D eigenvalue weighted by Gasteiger charge is 2.06. The molecule has 1 aromatic carbocycles. The van der Waals surface area contributed by atoms with Crippen LogP contribution in [-0.2, 0) is 16.0 Å². The zero-order chi connectivity index (χ0) is 11.8. The molecule has 0 amide bonds. The van der Waals surface area contributed by atoms with Gasteiger partial charge in [-0.15, -0.1) is 0 Å². The largest absolute Gasteiger partial charge is 0.633 e. The molecule has 0 bridgehead atoms. The van der Waals surface area contributed by atoms with Crippen molar-refractivity contribution in [3.63, 3.8) is 0 Å². The van der Waals surface area contributed by atoms with Gasteiger partial charge < -0.3 is 24.2 Å². The zero-order valence-corrected chi connectivity index (χ0v) is 9.13. The number of ether oxygens (including phenoxy) is 2. The second-order valence-corrected chi connectivity index (χ2v) is 3.10. The van der Waals surface area contributed by atoms with Gasteiger partial charge in [0, 0.05) is 0 Å². The summed E-state index contributed by atoms with van der Waals surface area (Å²) >= 11 is 0. The van der Waals surface area contributed by atoms with Crippen LogP contribution in [0.5, 0.6) is 5.75 Å². The van der Waals surface area contributed by atoms with Crippen LogP contribution in [0.25, 0.3) is 0 Å². The minimum Gasteiger partial charge on any atom is -0.497 e. The fourth-order valence-corrected chi connectivity index (χ4v) is 1.12. The minimum absolute atomic E-state index is 0.147. The summed E-state index contributed by atoms with van der Waals surface area (Å²) in [5, 5.41) is 16.8. The lowest BCUT2D eigenvalue weighted by Gasteiger charge is -2.06. The number of benzene rings is 1. The molecule has 5 nitrogen and oxygen atoms in total. The summed E-state index contributed by atoms with van der Waals surface area (Å²) in [6.07, 6.45) is 0. The van der Waals surface area contributed by atoms with Crippen LogP contribution in [-0.4, -0.2) is 37.7 Å². The fourth-order valence-electron chi connectivity index (χ4n) is 1.12. The van der Waals surface area contributed by atoms with Crippen LogP contribution in [0.4, 0.5) is 0 Å². The van der Waals surface area contributed by atoms with Crippen LogP contribution < -0.4 is 4.74 Å². The Morgan fingerprint density at radius 1 is 1.12 bits per heavy atom. The van der Waals surface area contributed by atoms with Crippen molar-refractivity contribution in [2.75, 3.05) is 20.3 Å². The predicted molar refractivity (Wildman–Crippen MR) is 58.8 cm³/mol. The summed E-state index contributed by atoms with van der Waals surface area (Å²) in [4.78, 5) is 0. The lowest BCUT2D eigenvalue weighted by molar-refractivity contribution is 0.0704. The molecule has 0 heterocycles. The predicted octanol–water partition coefficient (Wildman–Crippen LogP) is 0.198. The van der Waals surface area contributed by atoms with Gasteiger partial charge in [0.1, 0.15) is 5.75 Å². The maximum absolute atomic E-state index is 8.39. The second-order valence-electron chi connectivity index (χ2n) is 3.10. The van der Waals surface area contributed by atoms with Crippen molar-refractivity contribution in [1.29, 1.82) is 0 Å². The van der Waals surface area contributed by atoms with Gasteiger partial charge in [0.05, 0.1) is 26.9 Å². The van der Waals surface area contributed by atoms with E-state index in [0.29, 0.717) is 13.2 Å². The Balaban J connectivity index is 2.16. The summed E-state index contributed by atoms with van der Waals surface area (Å²) < 4.78 is 14.8. The van der Waals surface area contributed by atoms with E-state index in [1.165, 1.54) is 0 Å². The number of rotatable bonds is 7. The standard InChI is InChI=1S/C10H15BO5/c1-14-10-4-2-9(3-5-10)8-15-6-7-16-11(12)13/h2-5,12-13H,6-8H2,1H3. The van der Waals surface area contributed by atoms with Gasteiger partial charge in [-0.25, -0.2) is 0 Å². The molecule has 0 aliphatic carbocycles. The first kappa shape index (κ1) is 13.0. The number of hydrogen-bond acceptors (Lipinski definition) is 5. The van der Waals surface area contributed by atoms with Gasteiger partial charge >= 0.3 is 7.32 Å². The highest BCUT2D eigenvalue weighted by atomic mass is 16.6. The molecule has 0 atom stereocenters. The smallest absolute Gasteiger partial charge is 0.497 e. The van der Waals surface area contributed by atoms with E-state index in [-0.39, 0.29) is 6.61 Å². The van der Waals surface area contributed by atoms with E-state index in [9.17, 15) is 0 Å². The molecule has 0 aliphatic rings. The lowest BCUT2D eigenvalue weighted by atomic mass is 10.2. The molecular weight excluding hydrogens is 211 g/mol. The van der Waals surface area contributed by atoms with E-state index in [1.807, 2.05) is 24.3 Å². The monoisotopic (exact) mass is 226 g/mol. The Morgan fingerprint density at radius 2 is 1.81 bits per heavy atom. The Bertz CT molecular complexity index is 288. The molecule has 16 heavy (non-hydrogen) atoms. The van der Waals surface area contributed by atoms with Crippen molar-refractivity contribution >= 4 is 7.32 Å². The summed E-state index contributed by atoms with van der Waals surface area (Å²) in [5.74, 6) is 0.801. The molecule has 2 N–H and O–H groups in total. The quantitative estimate of drug-likeness (QED) is 0.513. The summed E-state index contributed by atoms with van der Waals surface area (Å²) in [6.45, 7) is 0.909. The van der Waals surface area contributed by atoms with E-state index >= 15 is 0 Å². The molecule has 1 rings (SSSR count). The van der Waals surface area contributed by atoms with Crippen LogP contribution in [0.1, 0.15) is 5.56 Å². The topological polar surface area (TPSA) is 68.2 Å². The van der Waals surface area contributed by atoms with Crippen LogP contribution in [0, 0.1) is 0 Å². The molecule has 0 saturated carbocycles. The Hall–Kier alpha value is -1.08. The van der Waals surface area contributed by atoms with E-state index in [4.69, 9.17) is 19.5 Å². The van der Waals surface area contributed by atoms with Crippen LogP contribution in [0.3, 0.4) is 0 Å². The van der Waals surface area contributed by atoms with Crippen molar-refractivity contribution in [2.45, 2.75) is 6.61 Å². The van der Waals surface area contributed by atoms with Crippen molar-refractivity contribution in [3.05, 3.63) is 29.8 Å². The summed E-state index contributed by atoms with van der Waals surface area (Å²) in [6, 6.07) is 7.51. The molecule has 0 aromatic heterocycles. The highest BCUT2D eigenvalue weighted by molar-refractivity contribution is 6.32. The summed E-state index contributed by atoms with van der Waals surface area (Å²) in [5.41, 5.74) is 1.02. The molecule has 0 aliphatic heterocycles. The average Bonchev–Trinajstić information content (AvgIpc) is 2.29. The third-order valence-electron chi connectivity index (χ3n) is 1.92. The average molecular weight is 226 g/mol. The molecule has 0 radical (unpaired) electrons. The lowest BCUT2D eigenvalue weighted by Crippen LogP contribution is -2.19. The third kappa shape index (κ3) is 5.13. The SMILES string of the molecule is COc1ccc(COCCOB(O)O)cc1. The van der Waals surface area contributed by atoms with Gasteiger partial charge in [0.2, 0.25) is 0 Å². The maximum atomic E-state index is 8.39. The molecule has 0 fully saturated rings. The maximum Gasteiger partial charge on any atom is 0.633 e. The van der Waals surface area contributed by atoms with Crippen LogP contribution >= 0.6 is 0 Å². The molecule has 0 unspecified atom stereocenters. The Kier molecular flexibility index (Phi) is 5.88. The molecule has 88 valence electrons. The van der Waals surface area contributed by atoms with E-state index in [1.54, 1.807) is 7.11 Å². The molecular formula is C10H15BO5. The first-order valence-electron chi connectivity index (χ1n) is 4.91. The van der Waals surface area contributed by atoms with Crippen molar-refractivity contribution in [1.82, 2.24) is 0 Å². The molecule has 1 aromatic rings. The molecule has 0 saturated heterocycles. The van der Waals surface area contributed by atoms with E-state index in [2.05, 4.69) is 4.65 Å². The van der Waals surface area contributed by atoms with Crippen LogP contribution in [0.15, 0.2) is 24.3 Å². The van der Waals surface area contributed by atoms with Gasteiger partial charge in [-0.2, -0.15) is 0 Å². The van der Waals surface area contributed by atoms with E-state index < -0.39 is 7.32 Å². The first-order valence-corrected chi connectivity index (χ1v) is 4.91. The highest BCUT2D eigenvalue weighted by Crippen LogP contribution is 2.11. The van der Waals surface area contributed by atoms with E-state index in [0.717, 1.165) is 11.3 Å². The Labute approximate surface area is 94.7 Å². The van der Waals surface area contributed by atoms with Crippen molar-refractivity contribution in [2.24, 2.45) is 0 Å². The van der Waals surface area contributed by atoms with Crippen molar-refractivity contribution in [3.8, 4) is 5.75 Å². The normalized spacial score (nSPS) is 10.2. The number of methoxy groups -OCH3 is 1. The van der Waals surface area contributed by atoms with Gasteiger partial charge in [0.15, 0.2) is 0 Å². The molecule has 6 heteroatoms. The molecule has 0 spiro atoms. The van der Waals surface area contributed by atoms with Crippen molar-refractivity contribution < 1.29 is 24.2 Å². The van der Waals surface area contributed by atoms with Gasteiger partial charge in [-0.05, 0) is 17.7 Å². The zero-order valence-electron chi connectivity index (χ0n) is 9.13.